The van der Waals surface area contributed by atoms with Gasteiger partial charge in [0, 0.05) is 44.1 Å². The Morgan fingerprint density at radius 3 is 2.80 bits per heavy atom. The quantitative estimate of drug-likeness (QED) is 0.926. The highest BCUT2D eigenvalue weighted by Gasteiger charge is 2.23. The standard InChI is InChI=1S/C17H21N3/c1-14-7-8-15(11-19-14)13-20-10-9-18-12-17(20)16-5-3-2-4-6-16/h2-8,11,17-18H,9-10,12-13H2,1H3. The number of nitrogens with one attached hydrogen (secondary N) is 1. The van der Waals surface area contributed by atoms with Crippen LogP contribution >= 0.6 is 0 Å². The minimum absolute atomic E-state index is 0.450. The third-order valence-electron chi connectivity index (χ3n) is 3.90. The van der Waals surface area contributed by atoms with Gasteiger partial charge in [0.05, 0.1) is 0 Å². The predicted octanol–water partition coefficient (Wildman–Crippen LogP) is 2.54. The molecule has 0 bridgehead atoms. The van der Waals surface area contributed by atoms with E-state index in [4.69, 9.17) is 0 Å². The molecule has 0 spiro atoms. The molecule has 0 saturated carbocycles. The van der Waals surface area contributed by atoms with Gasteiger partial charge in [0.2, 0.25) is 0 Å². The Balaban J connectivity index is 1.77. The van der Waals surface area contributed by atoms with Crippen molar-refractivity contribution in [2.45, 2.75) is 19.5 Å². The molecule has 3 nitrogen and oxygen atoms in total. The molecule has 1 aromatic carbocycles. The van der Waals surface area contributed by atoms with Crippen molar-refractivity contribution in [3.8, 4) is 0 Å². The van der Waals surface area contributed by atoms with Gasteiger partial charge in [-0.1, -0.05) is 36.4 Å². The number of benzene rings is 1. The van der Waals surface area contributed by atoms with Gasteiger partial charge in [0.15, 0.2) is 0 Å². The van der Waals surface area contributed by atoms with Crippen LogP contribution in [-0.4, -0.2) is 29.5 Å². The molecule has 0 amide bonds. The third-order valence-corrected chi connectivity index (χ3v) is 3.90. The molecule has 3 heteroatoms. The Kier molecular flexibility index (Phi) is 4.09. The topological polar surface area (TPSA) is 28.2 Å². The van der Waals surface area contributed by atoms with Crippen molar-refractivity contribution in [1.29, 1.82) is 0 Å². The normalized spacial score (nSPS) is 19.9. The number of pyridine rings is 1. The first-order chi connectivity index (χ1) is 9.83. The molecule has 0 aliphatic carbocycles. The van der Waals surface area contributed by atoms with E-state index in [0.29, 0.717) is 6.04 Å². The lowest BCUT2D eigenvalue weighted by Crippen LogP contribution is -2.45. The largest absolute Gasteiger partial charge is 0.314 e. The molecule has 2 heterocycles. The molecule has 1 N–H and O–H groups in total. The molecular formula is C17H21N3. The number of hydrogen-bond acceptors (Lipinski definition) is 3. The van der Waals surface area contributed by atoms with E-state index in [1.165, 1.54) is 11.1 Å². The summed E-state index contributed by atoms with van der Waals surface area (Å²) in [6, 6.07) is 15.5. The average Bonchev–Trinajstić information content (AvgIpc) is 2.51. The van der Waals surface area contributed by atoms with Gasteiger partial charge in [-0.3, -0.25) is 9.88 Å². The van der Waals surface area contributed by atoms with Crippen molar-refractivity contribution in [3.63, 3.8) is 0 Å². The van der Waals surface area contributed by atoms with Crippen molar-refractivity contribution in [2.24, 2.45) is 0 Å². The van der Waals surface area contributed by atoms with Crippen LogP contribution in [0.5, 0.6) is 0 Å². The number of piperazine rings is 1. The van der Waals surface area contributed by atoms with E-state index in [1.54, 1.807) is 0 Å². The van der Waals surface area contributed by atoms with Crippen LogP contribution in [0.15, 0.2) is 48.7 Å². The second kappa shape index (κ2) is 6.16. The zero-order chi connectivity index (χ0) is 13.8. The van der Waals surface area contributed by atoms with Gasteiger partial charge in [-0.2, -0.15) is 0 Å². The summed E-state index contributed by atoms with van der Waals surface area (Å²) in [6.45, 7) is 6.15. The smallest absolute Gasteiger partial charge is 0.0476 e. The highest BCUT2D eigenvalue weighted by Crippen LogP contribution is 2.23. The zero-order valence-electron chi connectivity index (χ0n) is 11.9. The highest BCUT2D eigenvalue weighted by atomic mass is 15.2. The molecule has 1 unspecified atom stereocenters. The molecule has 20 heavy (non-hydrogen) atoms. The molecular weight excluding hydrogens is 246 g/mol. The van der Waals surface area contributed by atoms with Gasteiger partial charge in [0.1, 0.15) is 0 Å². The number of rotatable bonds is 3. The fourth-order valence-electron chi connectivity index (χ4n) is 2.77. The molecule has 104 valence electrons. The minimum Gasteiger partial charge on any atom is -0.314 e. The molecule has 0 radical (unpaired) electrons. The van der Waals surface area contributed by atoms with Crippen molar-refractivity contribution < 1.29 is 0 Å². The van der Waals surface area contributed by atoms with Gasteiger partial charge in [0.25, 0.3) is 0 Å². The summed E-state index contributed by atoms with van der Waals surface area (Å²) in [5.41, 5.74) is 3.76. The van der Waals surface area contributed by atoms with Crippen LogP contribution in [-0.2, 0) is 6.54 Å². The van der Waals surface area contributed by atoms with Crippen LogP contribution in [0.2, 0.25) is 0 Å². The van der Waals surface area contributed by atoms with Crippen LogP contribution in [0.3, 0.4) is 0 Å². The Labute approximate surface area is 120 Å². The lowest BCUT2D eigenvalue weighted by Gasteiger charge is -2.36. The van der Waals surface area contributed by atoms with Crippen LogP contribution < -0.4 is 5.32 Å². The molecule has 1 saturated heterocycles. The summed E-state index contributed by atoms with van der Waals surface area (Å²) in [6.07, 6.45) is 2.00. The van der Waals surface area contributed by atoms with Crippen LogP contribution in [0.4, 0.5) is 0 Å². The Bertz CT molecular complexity index is 536. The maximum atomic E-state index is 4.40. The molecule has 2 aromatic rings. The first-order valence-electron chi connectivity index (χ1n) is 7.24. The lowest BCUT2D eigenvalue weighted by atomic mass is 10.0. The summed E-state index contributed by atoms with van der Waals surface area (Å²) in [7, 11) is 0. The molecule has 3 rings (SSSR count). The van der Waals surface area contributed by atoms with Gasteiger partial charge in [-0.05, 0) is 24.1 Å². The van der Waals surface area contributed by atoms with Crippen molar-refractivity contribution in [1.82, 2.24) is 15.2 Å². The Morgan fingerprint density at radius 2 is 2.05 bits per heavy atom. The van der Waals surface area contributed by atoms with Gasteiger partial charge >= 0.3 is 0 Å². The summed E-state index contributed by atoms with van der Waals surface area (Å²) < 4.78 is 0. The Hall–Kier alpha value is -1.71. The maximum Gasteiger partial charge on any atom is 0.0476 e. The maximum absolute atomic E-state index is 4.40. The first-order valence-corrected chi connectivity index (χ1v) is 7.24. The first kappa shape index (κ1) is 13.3. The second-order valence-electron chi connectivity index (χ2n) is 5.41. The van der Waals surface area contributed by atoms with E-state index < -0.39 is 0 Å². The van der Waals surface area contributed by atoms with E-state index in [2.05, 4.69) is 57.7 Å². The summed E-state index contributed by atoms with van der Waals surface area (Å²) in [4.78, 5) is 6.94. The lowest BCUT2D eigenvalue weighted by molar-refractivity contribution is 0.153. The zero-order valence-corrected chi connectivity index (χ0v) is 11.9. The number of aryl methyl sites for hydroxylation is 1. The highest BCUT2D eigenvalue weighted by molar-refractivity contribution is 5.21. The molecule has 1 aromatic heterocycles. The summed E-state index contributed by atoms with van der Waals surface area (Å²) in [5.74, 6) is 0. The van der Waals surface area contributed by atoms with Gasteiger partial charge in [-0.15, -0.1) is 0 Å². The predicted molar refractivity (Wildman–Crippen MR) is 81.4 cm³/mol. The minimum atomic E-state index is 0.450. The number of aromatic nitrogens is 1. The van der Waals surface area contributed by atoms with Crippen molar-refractivity contribution in [3.05, 3.63) is 65.5 Å². The average molecular weight is 267 g/mol. The van der Waals surface area contributed by atoms with E-state index in [1.807, 2.05) is 13.1 Å². The molecule has 1 aliphatic heterocycles. The van der Waals surface area contributed by atoms with Gasteiger partial charge < -0.3 is 5.32 Å². The van der Waals surface area contributed by atoms with Crippen molar-refractivity contribution >= 4 is 0 Å². The Morgan fingerprint density at radius 1 is 1.20 bits per heavy atom. The summed E-state index contributed by atoms with van der Waals surface area (Å²) in [5, 5.41) is 3.50. The molecule has 1 aliphatic rings. The number of nitrogens with zero attached hydrogens (tertiary/aromatic N) is 2. The van der Waals surface area contributed by atoms with E-state index >= 15 is 0 Å². The number of hydrogen-bond donors (Lipinski definition) is 1. The third kappa shape index (κ3) is 3.06. The van der Waals surface area contributed by atoms with E-state index in [0.717, 1.165) is 31.9 Å². The fourth-order valence-corrected chi connectivity index (χ4v) is 2.77. The van der Waals surface area contributed by atoms with Crippen LogP contribution in [0, 0.1) is 6.92 Å². The fraction of sp³-hybridized carbons (Fsp3) is 0.353. The van der Waals surface area contributed by atoms with Crippen molar-refractivity contribution in [2.75, 3.05) is 19.6 Å². The molecule has 1 atom stereocenters. The molecule has 1 fully saturated rings. The SMILES string of the molecule is Cc1ccc(CN2CCNCC2c2ccccc2)cn1. The van der Waals surface area contributed by atoms with Crippen LogP contribution in [0.25, 0.3) is 0 Å². The van der Waals surface area contributed by atoms with Gasteiger partial charge in [-0.25, -0.2) is 0 Å². The monoisotopic (exact) mass is 267 g/mol. The summed E-state index contributed by atoms with van der Waals surface area (Å²) >= 11 is 0. The second-order valence-corrected chi connectivity index (χ2v) is 5.41. The van der Waals surface area contributed by atoms with Crippen LogP contribution in [0.1, 0.15) is 22.9 Å². The van der Waals surface area contributed by atoms with E-state index in [-0.39, 0.29) is 0 Å². The van der Waals surface area contributed by atoms with E-state index in [9.17, 15) is 0 Å².